The maximum absolute atomic E-state index is 12.8. The lowest BCUT2D eigenvalue weighted by atomic mass is 10.2. The van der Waals surface area contributed by atoms with Crippen LogP contribution in [0.15, 0.2) is 12.3 Å². The second-order valence-corrected chi connectivity index (χ2v) is 5.04. The number of H-pyrrole nitrogens is 1. The normalized spacial score (nSPS) is 19.1. The highest BCUT2D eigenvalue weighted by atomic mass is 19.4. The van der Waals surface area contributed by atoms with Gasteiger partial charge in [-0.3, -0.25) is 5.10 Å². The molecule has 1 unspecified atom stereocenters. The highest BCUT2D eigenvalue weighted by Crippen LogP contribution is 2.29. The number of anilines is 1. The number of hydrogen-bond donors (Lipinski definition) is 1. The third kappa shape index (κ3) is 3.41. The van der Waals surface area contributed by atoms with Crippen molar-refractivity contribution in [2.75, 3.05) is 24.6 Å². The number of nitrogens with zero attached hydrogens (tertiary/aromatic N) is 5. The van der Waals surface area contributed by atoms with E-state index in [1.54, 1.807) is 4.90 Å². The molecule has 0 aromatic carbocycles. The summed E-state index contributed by atoms with van der Waals surface area (Å²) in [6, 6.07) is 0.851. The minimum atomic E-state index is -4.50. The largest absolute Gasteiger partial charge is 0.433 e. The van der Waals surface area contributed by atoms with E-state index in [2.05, 4.69) is 25.1 Å². The molecule has 2 aromatic heterocycles. The van der Waals surface area contributed by atoms with Crippen LogP contribution in [0, 0.1) is 0 Å². The summed E-state index contributed by atoms with van der Waals surface area (Å²) in [6.07, 6.45) is -3.11. The number of aromatic nitrogens is 5. The summed E-state index contributed by atoms with van der Waals surface area (Å²) in [4.78, 5) is 13.5. The number of halogens is 3. The Hall–Kier alpha value is -2.23. The zero-order valence-corrected chi connectivity index (χ0v) is 12.3. The summed E-state index contributed by atoms with van der Waals surface area (Å²) >= 11 is 0. The maximum atomic E-state index is 12.8. The van der Waals surface area contributed by atoms with Gasteiger partial charge < -0.3 is 9.64 Å². The highest BCUT2D eigenvalue weighted by Gasteiger charge is 2.34. The van der Waals surface area contributed by atoms with E-state index in [1.807, 2.05) is 6.92 Å². The monoisotopic (exact) mass is 328 g/mol. The average molecular weight is 328 g/mol. The first-order valence-electron chi connectivity index (χ1n) is 7.15. The van der Waals surface area contributed by atoms with Crippen LogP contribution in [0.2, 0.25) is 0 Å². The Morgan fingerprint density at radius 3 is 2.91 bits per heavy atom. The zero-order chi connectivity index (χ0) is 16.4. The average Bonchev–Trinajstić information content (AvgIpc) is 3.03. The van der Waals surface area contributed by atoms with E-state index >= 15 is 0 Å². The summed E-state index contributed by atoms with van der Waals surface area (Å²) < 4.78 is 43.9. The fourth-order valence-corrected chi connectivity index (χ4v) is 2.26. The smallest absolute Gasteiger partial charge is 0.366 e. The molecular formula is C13H15F3N6O. The molecule has 3 heterocycles. The molecule has 3 rings (SSSR count). The second-order valence-electron chi connectivity index (χ2n) is 5.04. The predicted octanol–water partition coefficient (Wildman–Crippen LogP) is 1.75. The van der Waals surface area contributed by atoms with Crippen molar-refractivity contribution >= 4 is 5.95 Å². The Morgan fingerprint density at radius 2 is 2.22 bits per heavy atom. The minimum Gasteiger partial charge on any atom is -0.366 e. The highest BCUT2D eigenvalue weighted by molar-refractivity contribution is 5.32. The van der Waals surface area contributed by atoms with Crippen molar-refractivity contribution in [1.29, 1.82) is 0 Å². The summed E-state index contributed by atoms with van der Waals surface area (Å²) in [5, 5.41) is 6.88. The zero-order valence-electron chi connectivity index (χ0n) is 12.3. The van der Waals surface area contributed by atoms with Gasteiger partial charge in [0.25, 0.3) is 0 Å². The fraction of sp³-hybridized carbons (Fsp3) is 0.538. The summed E-state index contributed by atoms with van der Waals surface area (Å²) in [6.45, 7) is 2.97. The van der Waals surface area contributed by atoms with Crippen molar-refractivity contribution < 1.29 is 17.9 Å². The van der Waals surface area contributed by atoms with E-state index in [1.165, 1.54) is 0 Å². The third-order valence-electron chi connectivity index (χ3n) is 3.45. The number of morpholine rings is 1. The Labute approximate surface area is 129 Å². The molecule has 1 N–H and O–H groups in total. The molecule has 0 radical (unpaired) electrons. The van der Waals surface area contributed by atoms with Gasteiger partial charge in [-0.2, -0.15) is 18.3 Å². The van der Waals surface area contributed by atoms with Crippen molar-refractivity contribution in [3.05, 3.63) is 29.6 Å². The Bertz CT molecular complexity index is 674. The van der Waals surface area contributed by atoms with Crippen LogP contribution >= 0.6 is 0 Å². The maximum Gasteiger partial charge on any atom is 0.433 e. The number of aryl methyl sites for hydroxylation is 1. The van der Waals surface area contributed by atoms with Crippen LogP contribution in [0.5, 0.6) is 0 Å². The number of aromatic amines is 1. The molecule has 1 saturated heterocycles. The lowest BCUT2D eigenvalue weighted by Crippen LogP contribution is -2.40. The number of alkyl halides is 3. The molecule has 124 valence electrons. The number of rotatable bonds is 3. The molecule has 0 saturated carbocycles. The van der Waals surface area contributed by atoms with Crippen molar-refractivity contribution in [3.63, 3.8) is 0 Å². The lowest BCUT2D eigenvalue weighted by Gasteiger charge is -2.31. The Balaban J connectivity index is 1.78. The lowest BCUT2D eigenvalue weighted by molar-refractivity contribution is -0.141. The summed E-state index contributed by atoms with van der Waals surface area (Å²) in [7, 11) is 0. The van der Waals surface area contributed by atoms with Crippen LogP contribution in [-0.4, -0.2) is 44.8 Å². The number of ether oxygens (including phenoxy) is 1. The molecule has 0 bridgehead atoms. The fourth-order valence-electron chi connectivity index (χ4n) is 2.26. The van der Waals surface area contributed by atoms with Gasteiger partial charge in [-0.05, 0) is 6.07 Å². The van der Waals surface area contributed by atoms with Crippen molar-refractivity contribution in [2.24, 2.45) is 0 Å². The van der Waals surface area contributed by atoms with Gasteiger partial charge in [0.1, 0.15) is 17.6 Å². The van der Waals surface area contributed by atoms with Gasteiger partial charge in [-0.25, -0.2) is 15.0 Å². The molecule has 1 fully saturated rings. The van der Waals surface area contributed by atoms with Crippen molar-refractivity contribution in [3.8, 4) is 0 Å². The quantitative estimate of drug-likeness (QED) is 0.925. The number of nitrogens with one attached hydrogen (secondary N) is 1. The standard InChI is InChI=1S/C13H15F3N6O/c1-2-10-19-11(21-20-10)8-7-22(5-6-23-8)12-17-4-3-9(18-12)13(14,15)16/h3-4,8H,2,5-7H2,1H3,(H,19,20,21). The molecule has 0 amide bonds. The first-order chi connectivity index (χ1) is 11.0. The molecule has 1 aliphatic heterocycles. The second kappa shape index (κ2) is 6.11. The Kier molecular flexibility index (Phi) is 4.16. The van der Waals surface area contributed by atoms with E-state index in [0.717, 1.165) is 18.1 Å². The van der Waals surface area contributed by atoms with Crippen LogP contribution in [0.1, 0.15) is 30.4 Å². The number of hydrogen-bond acceptors (Lipinski definition) is 6. The molecule has 7 nitrogen and oxygen atoms in total. The topological polar surface area (TPSA) is 79.8 Å². The first-order valence-corrected chi connectivity index (χ1v) is 7.15. The van der Waals surface area contributed by atoms with E-state index < -0.39 is 18.0 Å². The molecule has 10 heteroatoms. The third-order valence-corrected chi connectivity index (χ3v) is 3.45. The molecule has 23 heavy (non-hydrogen) atoms. The molecule has 1 aliphatic rings. The van der Waals surface area contributed by atoms with Gasteiger partial charge in [0.2, 0.25) is 5.95 Å². The Morgan fingerprint density at radius 1 is 1.39 bits per heavy atom. The molecule has 0 aliphatic carbocycles. The van der Waals surface area contributed by atoms with Crippen molar-refractivity contribution in [2.45, 2.75) is 25.6 Å². The van der Waals surface area contributed by atoms with E-state index in [0.29, 0.717) is 31.9 Å². The van der Waals surface area contributed by atoms with E-state index in [-0.39, 0.29) is 5.95 Å². The van der Waals surface area contributed by atoms with Crippen LogP contribution in [0.3, 0.4) is 0 Å². The summed E-state index contributed by atoms with van der Waals surface area (Å²) in [5.41, 5.74) is -0.961. The van der Waals surface area contributed by atoms with E-state index in [4.69, 9.17) is 4.74 Å². The van der Waals surface area contributed by atoms with Gasteiger partial charge in [0.15, 0.2) is 5.82 Å². The molecule has 2 aromatic rings. The van der Waals surface area contributed by atoms with Gasteiger partial charge in [0, 0.05) is 19.2 Å². The van der Waals surface area contributed by atoms with Crippen LogP contribution in [-0.2, 0) is 17.3 Å². The van der Waals surface area contributed by atoms with Gasteiger partial charge >= 0.3 is 6.18 Å². The molecular weight excluding hydrogens is 313 g/mol. The van der Waals surface area contributed by atoms with Crippen molar-refractivity contribution in [1.82, 2.24) is 25.1 Å². The predicted molar refractivity (Wildman–Crippen MR) is 73.7 cm³/mol. The minimum absolute atomic E-state index is 0.0272. The van der Waals surface area contributed by atoms with E-state index in [9.17, 15) is 13.2 Å². The first kappa shape index (κ1) is 15.7. The van der Waals surface area contributed by atoms with Gasteiger partial charge in [-0.1, -0.05) is 6.92 Å². The van der Waals surface area contributed by atoms with Gasteiger partial charge in [0.05, 0.1) is 13.2 Å². The SMILES string of the molecule is CCc1nc(C2CN(c3nccc(C(F)(F)F)n3)CCO2)n[nH]1. The van der Waals surface area contributed by atoms with Gasteiger partial charge in [-0.15, -0.1) is 0 Å². The summed E-state index contributed by atoms with van der Waals surface area (Å²) in [5.74, 6) is 1.24. The van der Waals surface area contributed by atoms with Crippen LogP contribution in [0.4, 0.5) is 19.1 Å². The van der Waals surface area contributed by atoms with Crippen LogP contribution < -0.4 is 4.90 Å². The van der Waals surface area contributed by atoms with Crippen LogP contribution in [0.25, 0.3) is 0 Å². The molecule has 1 atom stereocenters. The molecule has 0 spiro atoms.